The Bertz CT molecular complexity index is 1440. The normalized spacial score (nSPS) is 18.5. The van der Waals surface area contributed by atoms with E-state index in [1.807, 2.05) is 0 Å². The molecule has 2 aromatic carbocycles. The number of ether oxygens (including phenoxy) is 1. The van der Waals surface area contributed by atoms with Gasteiger partial charge >= 0.3 is 0 Å². The zero-order valence-corrected chi connectivity index (χ0v) is 20.1. The van der Waals surface area contributed by atoms with Crippen LogP contribution in [-0.4, -0.2) is 45.6 Å². The van der Waals surface area contributed by atoms with Crippen molar-refractivity contribution in [2.45, 2.75) is 38.1 Å². The summed E-state index contributed by atoms with van der Waals surface area (Å²) in [6, 6.07) is 9.23. The summed E-state index contributed by atoms with van der Waals surface area (Å²) in [7, 11) is 0. The van der Waals surface area contributed by atoms with Gasteiger partial charge in [-0.05, 0) is 18.4 Å². The van der Waals surface area contributed by atoms with Crippen LogP contribution in [0.3, 0.4) is 0 Å². The molecule has 2 N–H and O–H groups in total. The maximum absolute atomic E-state index is 14.1. The minimum atomic E-state index is -1.19. The first-order valence-electron chi connectivity index (χ1n) is 12.1. The molecule has 38 heavy (non-hydrogen) atoms. The molecule has 8 nitrogen and oxygen atoms in total. The summed E-state index contributed by atoms with van der Waals surface area (Å²) < 4.78 is 48.6. The largest absolute Gasteiger partial charge is 0.483 e. The van der Waals surface area contributed by atoms with Crippen molar-refractivity contribution < 1.29 is 32.6 Å². The second kappa shape index (κ2) is 10.3. The van der Waals surface area contributed by atoms with Crippen molar-refractivity contribution in [1.29, 1.82) is 0 Å². The molecule has 2 amide bonds. The summed E-state index contributed by atoms with van der Waals surface area (Å²) in [5.74, 6) is -5.28. The Kier molecular flexibility index (Phi) is 6.94. The van der Waals surface area contributed by atoms with Crippen molar-refractivity contribution in [2.75, 3.05) is 13.1 Å². The van der Waals surface area contributed by atoms with Crippen LogP contribution in [0.1, 0.15) is 50.9 Å². The Hall–Kier alpha value is -4.12. The molecule has 198 valence electrons. The fourth-order valence-electron chi connectivity index (χ4n) is 4.84. The zero-order valence-electron chi connectivity index (χ0n) is 20.1. The molecular weight excluding hydrogens is 503 g/mol. The predicted octanol–water partition coefficient (Wildman–Crippen LogP) is 2.93. The van der Waals surface area contributed by atoms with Gasteiger partial charge < -0.3 is 24.6 Å². The van der Waals surface area contributed by atoms with Crippen molar-refractivity contribution in [3.63, 3.8) is 0 Å². The van der Waals surface area contributed by atoms with Crippen LogP contribution in [0.5, 0.6) is 5.75 Å². The smallest absolute Gasteiger partial charge is 0.274 e. The Morgan fingerprint density at radius 2 is 1.82 bits per heavy atom. The summed E-state index contributed by atoms with van der Waals surface area (Å²) in [4.78, 5) is 41.5. The summed E-state index contributed by atoms with van der Waals surface area (Å²) in [6.45, 7) is -0.144. The van der Waals surface area contributed by atoms with Gasteiger partial charge in [0, 0.05) is 43.5 Å². The lowest BCUT2D eigenvalue weighted by molar-refractivity contribution is 0.0554. The molecule has 0 radical (unpaired) electrons. The van der Waals surface area contributed by atoms with E-state index in [1.165, 1.54) is 10.8 Å². The Morgan fingerprint density at radius 3 is 2.53 bits per heavy atom. The van der Waals surface area contributed by atoms with Crippen molar-refractivity contribution in [3.8, 4) is 5.75 Å². The Balaban J connectivity index is 1.55. The highest BCUT2D eigenvalue weighted by Crippen LogP contribution is 2.33. The number of aromatic nitrogens is 1. The molecule has 3 heterocycles. The molecular formula is C27H24F3N3O5. The number of aliphatic hydroxyl groups excluding tert-OH is 1. The molecule has 2 aliphatic heterocycles. The zero-order chi connectivity index (χ0) is 27.0. The second-order valence-corrected chi connectivity index (χ2v) is 9.29. The van der Waals surface area contributed by atoms with Crippen LogP contribution in [0.25, 0.3) is 0 Å². The van der Waals surface area contributed by atoms with Crippen molar-refractivity contribution in [2.24, 2.45) is 0 Å². The highest BCUT2D eigenvalue weighted by molar-refractivity contribution is 5.99. The molecule has 1 saturated heterocycles. The lowest BCUT2D eigenvalue weighted by Gasteiger charge is -2.36. The van der Waals surface area contributed by atoms with Crippen LogP contribution in [0.2, 0.25) is 0 Å². The van der Waals surface area contributed by atoms with Gasteiger partial charge in [-0.2, -0.15) is 0 Å². The number of amides is 2. The SMILES string of the molecule is O=C(NCc1c(F)cc(F)cc1F)c1cn2c(c(OCc3ccccc3)c1=O)C(=O)N1CCCC(O)[C@H]2C1. The van der Waals surface area contributed by atoms with E-state index in [1.54, 1.807) is 35.2 Å². The molecule has 1 aromatic heterocycles. The van der Waals surface area contributed by atoms with Gasteiger partial charge in [0.1, 0.15) is 29.6 Å². The Labute approximate surface area is 215 Å². The Morgan fingerprint density at radius 1 is 1.11 bits per heavy atom. The van der Waals surface area contributed by atoms with E-state index in [4.69, 9.17) is 4.74 Å². The standard InChI is InChI=1S/C27H24F3N3O5/c28-16-9-19(29)17(20(30)10-16)11-31-26(36)18-12-33-21-13-32(8-4-7-22(21)34)27(37)23(33)25(24(18)35)38-14-15-5-2-1-3-6-15/h1-3,5-6,9-10,12,21-22,34H,4,7-8,11,13-14H2,(H,31,36)/t21-,22?/m1/s1. The lowest BCUT2D eigenvalue weighted by atomic mass is 10.0. The van der Waals surface area contributed by atoms with Crippen LogP contribution in [-0.2, 0) is 13.2 Å². The first kappa shape index (κ1) is 25.5. The van der Waals surface area contributed by atoms with Crippen molar-refractivity contribution in [1.82, 2.24) is 14.8 Å². The molecule has 2 aliphatic rings. The number of hydrogen-bond acceptors (Lipinski definition) is 5. The quantitative estimate of drug-likeness (QED) is 0.514. The molecule has 1 fully saturated rings. The second-order valence-electron chi connectivity index (χ2n) is 9.29. The van der Waals surface area contributed by atoms with E-state index >= 15 is 0 Å². The molecule has 5 rings (SSSR count). The monoisotopic (exact) mass is 527 g/mol. The van der Waals surface area contributed by atoms with E-state index in [9.17, 15) is 32.7 Å². The van der Waals surface area contributed by atoms with Gasteiger partial charge in [-0.1, -0.05) is 30.3 Å². The van der Waals surface area contributed by atoms with E-state index in [0.717, 1.165) is 0 Å². The number of rotatable bonds is 6. The van der Waals surface area contributed by atoms with Gasteiger partial charge in [0.15, 0.2) is 11.4 Å². The number of nitrogens with one attached hydrogen (secondary N) is 1. The number of benzene rings is 2. The van der Waals surface area contributed by atoms with Crippen LogP contribution >= 0.6 is 0 Å². The van der Waals surface area contributed by atoms with Gasteiger partial charge in [0.2, 0.25) is 5.43 Å². The van der Waals surface area contributed by atoms with Crippen LogP contribution < -0.4 is 15.5 Å². The fourth-order valence-corrected chi connectivity index (χ4v) is 4.84. The van der Waals surface area contributed by atoms with Crippen molar-refractivity contribution >= 4 is 11.8 Å². The maximum Gasteiger partial charge on any atom is 0.274 e. The molecule has 0 aliphatic carbocycles. The summed E-state index contributed by atoms with van der Waals surface area (Å²) in [6.07, 6.45) is 1.29. The van der Waals surface area contributed by atoms with Crippen LogP contribution in [0, 0.1) is 17.5 Å². The number of carbonyl (C=O) groups excluding carboxylic acids is 2. The van der Waals surface area contributed by atoms with Crippen LogP contribution in [0.15, 0.2) is 53.5 Å². The van der Waals surface area contributed by atoms with Gasteiger partial charge in [-0.25, -0.2) is 13.2 Å². The predicted molar refractivity (Wildman–Crippen MR) is 129 cm³/mol. The molecule has 3 aromatic rings. The third-order valence-electron chi connectivity index (χ3n) is 6.82. The minimum Gasteiger partial charge on any atom is -0.483 e. The summed E-state index contributed by atoms with van der Waals surface area (Å²) in [5, 5.41) is 13.1. The van der Waals surface area contributed by atoms with E-state index in [0.29, 0.717) is 37.1 Å². The van der Waals surface area contributed by atoms with Crippen molar-refractivity contribution in [3.05, 3.63) is 98.7 Å². The molecule has 2 atom stereocenters. The minimum absolute atomic E-state index is 0.0688. The average Bonchev–Trinajstić information content (AvgIpc) is 3.06. The van der Waals surface area contributed by atoms with Gasteiger partial charge in [0.05, 0.1) is 12.1 Å². The molecule has 1 unspecified atom stereocenters. The number of halogens is 3. The average molecular weight is 527 g/mol. The first-order valence-corrected chi connectivity index (χ1v) is 12.1. The summed E-state index contributed by atoms with van der Waals surface area (Å²) in [5.41, 5.74) is -1.26. The van der Waals surface area contributed by atoms with E-state index in [2.05, 4.69) is 5.32 Å². The number of hydrogen-bond donors (Lipinski definition) is 2. The number of nitrogens with zero attached hydrogens (tertiary/aromatic N) is 2. The van der Waals surface area contributed by atoms with Crippen LogP contribution in [0.4, 0.5) is 13.2 Å². The van der Waals surface area contributed by atoms with Gasteiger partial charge in [-0.3, -0.25) is 14.4 Å². The first-order chi connectivity index (χ1) is 18.2. The number of aliphatic hydroxyl groups is 1. The summed E-state index contributed by atoms with van der Waals surface area (Å²) >= 11 is 0. The maximum atomic E-state index is 14.1. The highest BCUT2D eigenvalue weighted by Gasteiger charge is 2.40. The number of fused-ring (bicyclic) bond motifs is 4. The van der Waals surface area contributed by atoms with E-state index < -0.39 is 64.5 Å². The molecule has 11 heteroatoms. The molecule has 2 bridgehead atoms. The highest BCUT2D eigenvalue weighted by atomic mass is 19.1. The molecule has 0 spiro atoms. The number of pyridine rings is 1. The fraction of sp³-hybridized carbons (Fsp3) is 0.296. The topological polar surface area (TPSA) is 101 Å². The van der Waals surface area contributed by atoms with Gasteiger partial charge in [-0.15, -0.1) is 0 Å². The van der Waals surface area contributed by atoms with Gasteiger partial charge in [0.25, 0.3) is 11.8 Å². The number of carbonyl (C=O) groups is 2. The van der Waals surface area contributed by atoms with E-state index in [-0.39, 0.29) is 24.6 Å². The molecule has 0 saturated carbocycles. The third-order valence-corrected chi connectivity index (χ3v) is 6.82. The lowest BCUT2D eigenvalue weighted by Crippen LogP contribution is -2.47. The third kappa shape index (κ3) is 4.76.